The van der Waals surface area contributed by atoms with Crippen LogP contribution in [0.25, 0.3) is 6.08 Å². The predicted octanol–water partition coefficient (Wildman–Crippen LogP) is 6.50. The van der Waals surface area contributed by atoms with E-state index in [2.05, 4.69) is 19.9 Å². The maximum Gasteiger partial charge on any atom is 0.455 e. The van der Waals surface area contributed by atoms with Crippen LogP contribution in [0.5, 0.6) is 5.75 Å². The molecule has 1 heterocycles. The molecule has 0 amide bonds. The Labute approximate surface area is 225 Å². The highest BCUT2D eigenvalue weighted by molar-refractivity contribution is 6.43. The quantitative estimate of drug-likeness (QED) is 0.341. The summed E-state index contributed by atoms with van der Waals surface area (Å²) in [4.78, 5) is 27.1. The summed E-state index contributed by atoms with van der Waals surface area (Å²) in [6.45, 7) is 8.06. The van der Waals surface area contributed by atoms with Crippen LogP contribution < -0.4 is 0 Å². The molecule has 0 saturated carbocycles. The van der Waals surface area contributed by atoms with E-state index in [-0.39, 0.29) is 29.5 Å². The number of Topliss-reactive ketones (excluding diaryl/α,β-unsaturated/α-hetero) is 2. The van der Waals surface area contributed by atoms with Crippen molar-refractivity contribution in [2.24, 2.45) is 17.8 Å². The Balaban J connectivity index is 1.42. The van der Waals surface area contributed by atoms with Gasteiger partial charge < -0.3 is 14.8 Å². The Morgan fingerprint density at radius 2 is 1.68 bits per heavy atom. The smallest absolute Gasteiger partial charge is 0.455 e. The molecule has 1 aliphatic heterocycles. The van der Waals surface area contributed by atoms with E-state index in [0.717, 1.165) is 47.1 Å². The van der Waals surface area contributed by atoms with Crippen LogP contribution in [0.1, 0.15) is 83.4 Å². The number of hydrogen-bond acceptors (Lipinski definition) is 5. The molecule has 198 valence electrons. The second kappa shape index (κ2) is 10.7. The van der Waals surface area contributed by atoms with Gasteiger partial charge in [0.1, 0.15) is 5.75 Å². The van der Waals surface area contributed by atoms with Gasteiger partial charge in [-0.3, -0.25) is 9.59 Å². The van der Waals surface area contributed by atoms with Crippen molar-refractivity contribution in [3.8, 4) is 5.75 Å². The third kappa shape index (κ3) is 4.80. The zero-order valence-electron chi connectivity index (χ0n) is 22.8. The van der Waals surface area contributed by atoms with Gasteiger partial charge in [-0.05, 0) is 93.1 Å². The van der Waals surface area contributed by atoms with E-state index in [9.17, 15) is 19.7 Å². The second-order valence-electron chi connectivity index (χ2n) is 11.4. The summed E-state index contributed by atoms with van der Waals surface area (Å²) in [5.41, 5.74) is 7.38. The van der Waals surface area contributed by atoms with Crippen LogP contribution in [0.4, 0.5) is 0 Å². The minimum Gasteiger partial charge on any atom is -0.507 e. The van der Waals surface area contributed by atoms with Crippen molar-refractivity contribution in [3.63, 3.8) is 0 Å². The molecule has 1 fully saturated rings. The fraction of sp³-hybridized carbons (Fsp3) is 0.438. The lowest BCUT2D eigenvalue weighted by Crippen LogP contribution is -2.50. The van der Waals surface area contributed by atoms with Crippen molar-refractivity contribution in [2.45, 2.75) is 72.2 Å². The molecule has 2 aliphatic carbocycles. The average molecular weight is 512 g/mol. The van der Waals surface area contributed by atoms with E-state index in [1.165, 1.54) is 5.57 Å². The van der Waals surface area contributed by atoms with E-state index >= 15 is 0 Å². The van der Waals surface area contributed by atoms with Gasteiger partial charge in [-0.15, -0.1) is 0 Å². The molecule has 2 N–H and O–H groups in total. The number of phenolic OH excluding ortho intramolecular Hbond substituents is 1. The Morgan fingerprint density at radius 1 is 1.03 bits per heavy atom. The summed E-state index contributed by atoms with van der Waals surface area (Å²) in [6, 6.07) is 11.2. The number of phenols is 1. The molecule has 5 rings (SSSR count). The van der Waals surface area contributed by atoms with E-state index in [0.29, 0.717) is 36.0 Å². The topological polar surface area (TPSA) is 83.8 Å². The Kier molecular flexibility index (Phi) is 7.48. The van der Waals surface area contributed by atoms with E-state index in [4.69, 9.17) is 4.65 Å². The third-order valence-electron chi connectivity index (χ3n) is 8.69. The van der Waals surface area contributed by atoms with Gasteiger partial charge in [0.05, 0.1) is 6.10 Å². The Bertz CT molecular complexity index is 1320. The highest BCUT2D eigenvalue weighted by Gasteiger charge is 2.52. The van der Waals surface area contributed by atoms with Gasteiger partial charge >= 0.3 is 7.12 Å². The van der Waals surface area contributed by atoms with Crippen LogP contribution in [0.2, 0.25) is 6.32 Å². The fourth-order valence-electron chi connectivity index (χ4n) is 7.04. The Morgan fingerprint density at radius 3 is 2.34 bits per heavy atom. The summed E-state index contributed by atoms with van der Waals surface area (Å²) >= 11 is 0. The molecule has 0 unspecified atom stereocenters. The van der Waals surface area contributed by atoms with Crippen LogP contribution in [0.15, 0.2) is 53.1 Å². The second-order valence-corrected chi connectivity index (χ2v) is 11.4. The van der Waals surface area contributed by atoms with Crippen molar-refractivity contribution < 1.29 is 24.4 Å². The van der Waals surface area contributed by atoms with Crippen molar-refractivity contribution in [1.29, 1.82) is 0 Å². The van der Waals surface area contributed by atoms with Crippen molar-refractivity contribution >= 4 is 24.8 Å². The maximum absolute atomic E-state index is 13.7. The number of fused-ring (bicyclic) bond motifs is 4. The number of carbonyl (C=O) groups excluding carboxylic acids is 2. The summed E-state index contributed by atoms with van der Waals surface area (Å²) < 4.78 is 6.11. The molecule has 0 bridgehead atoms. The summed E-state index contributed by atoms with van der Waals surface area (Å²) in [5, 5.41) is 20.9. The molecular weight excluding hydrogens is 475 g/mol. The van der Waals surface area contributed by atoms with Gasteiger partial charge in [0.2, 0.25) is 0 Å². The van der Waals surface area contributed by atoms with Crippen molar-refractivity contribution in [3.05, 3.63) is 80.9 Å². The summed E-state index contributed by atoms with van der Waals surface area (Å²) in [7, 11) is -0.957. The number of allylic oxidation sites excluding steroid dienone is 2. The number of rotatable bonds is 6. The molecular formula is C32H37BO5. The van der Waals surface area contributed by atoms with Crippen LogP contribution in [0.3, 0.4) is 0 Å². The number of aryl methyl sites for hydroxylation is 2. The lowest BCUT2D eigenvalue weighted by Gasteiger charge is -2.47. The molecule has 0 aromatic heterocycles. The zero-order valence-corrected chi connectivity index (χ0v) is 22.8. The number of carbonyl (C=O) groups is 2. The lowest BCUT2D eigenvalue weighted by atomic mass is 9.54. The third-order valence-corrected chi connectivity index (χ3v) is 8.69. The van der Waals surface area contributed by atoms with Gasteiger partial charge in [-0.2, -0.15) is 0 Å². The Hall–Kier alpha value is -2.96. The molecule has 1 saturated heterocycles. The summed E-state index contributed by atoms with van der Waals surface area (Å²) in [5.74, 6) is -0.578. The van der Waals surface area contributed by atoms with Crippen molar-refractivity contribution in [1.82, 2.24) is 0 Å². The molecule has 2 aromatic carbocycles. The molecule has 3 aliphatic rings. The van der Waals surface area contributed by atoms with Gasteiger partial charge in [0.25, 0.3) is 0 Å². The first kappa shape index (κ1) is 26.6. The lowest BCUT2D eigenvalue weighted by molar-refractivity contribution is 0.0601. The van der Waals surface area contributed by atoms with Gasteiger partial charge in [-0.1, -0.05) is 54.8 Å². The predicted molar refractivity (Wildman–Crippen MR) is 150 cm³/mol. The SMILES string of the molecule is CCC/C(=C\c1cc(C)c(O)c(C)c1)CC[C@H]1OB(O)C[C@H]2C1=C(C)C[C@H]1C(=O)c3ccccc3C(=O)[C@H]12. The highest BCUT2D eigenvalue weighted by Crippen LogP contribution is 2.50. The highest BCUT2D eigenvalue weighted by atomic mass is 16.5. The first-order chi connectivity index (χ1) is 18.2. The van der Waals surface area contributed by atoms with E-state index in [1.54, 1.807) is 12.1 Å². The first-order valence-corrected chi connectivity index (χ1v) is 13.9. The zero-order chi connectivity index (χ0) is 27.1. The molecule has 4 atom stereocenters. The van der Waals surface area contributed by atoms with Crippen LogP contribution in [-0.4, -0.2) is 34.9 Å². The molecule has 38 heavy (non-hydrogen) atoms. The monoisotopic (exact) mass is 512 g/mol. The number of hydrogen-bond donors (Lipinski definition) is 2. The van der Waals surface area contributed by atoms with Crippen LogP contribution in [0, 0.1) is 31.6 Å². The van der Waals surface area contributed by atoms with Gasteiger partial charge in [0, 0.05) is 23.0 Å². The average Bonchev–Trinajstić information content (AvgIpc) is 2.88. The number of benzene rings is 2. The van der Waals surface area contributed by atoms with Crippen LogP contribution in [-0.2, 0) is 4.65 Å². The van der Waals surface area contributed by atoms with E-state index < -0.39 is 13.0 Å². The number of ketones is 2. The van der Waals surface area contributed by atoms with Crippen molar-refractivity contribution in [2.75, 3.05) is 0 Å². The van der Waals surface area contributed by atoms with Gasteiger partial charge in [-0.25, -0.2) is 0 Å². The minimum absolute atomic E-state index is 0.0256. The standard InChI is InChI=1S/C32H37BO5/c1-5-8-21(16-22-13-19(3)30(34)20(4)14-22)11-12-27-28-18(2)15-25-29(26(28)17-33(37)38-27)32(36)24-10-7-6-9-23(24)31(25)35/h6-7,9-10,13-14,16,25-27,29,34,37H,5,8,11-12,15,17H2,1-4H3/b21-16+/t25-,26+,27-,29-/m1/s1. The van der Waals surface area contributed by atoms with E-state index in [1.807, 2.05) is 38.1 Å². The van der Waals surface area contributed by atoms with Crippen LogP contribution >= 0.6 is 0 Å². The first-order valence-electron chi connectivity index (χ1n) is 13.9. The number of aromatic hydroxyl groups is 1. The fourth-order valence-corrected chi connectivity index (χ4v) is 7.04. The molecule has 0 radical (unpaired) electrons. The molecule has 5 nitrogen and oxygen atoms in total. The molecule has 2 aromatic rings. The summed E-state index contributed by atoms with van der Waals surface area (Å²) in [6.07, 6.45) is 6.30. The molecule has 6 heteroatoms. The van der Waals surface area contributed by atoms with Gasteiger partial charge in [0.15, 0.2) is 11.6 Å². The minimum atomic E-state index is -0.957. The molecule has 0 spiro atoms. The normalized spacial score (nSPS) is 25.3. The largest absolute Gasteiger partial charge is 0.507 e. The maximum atomic E-state index is 13.7.